The summed E-state index contributed by atoms with van der Waals surface area (Å²) < 4.78 is 21.7. The Labute approximate surface area is 175 Å². The van der Waals surface area contributed by atoms with Gasteiger partial charge in [0.1, 0.15) is 24.5 Å². The molecule has 0 amide bonds. The number of hydrogen-bond donors (Lipinski definition) is 2. The highest BCUT2D eigenvalue weighted by atomic mass is 32.2. The second-order valence-electron chi connectivity index (χ2n) is 5.85. The van der Waals surface area contributed by atoms with Gasteiger partial charge in [-0.3, -0.25) is 4.21 Å². The molecule has 0 bridgehead atoms. The number of rotatable bonds is 7. The van der Waals surface area contributed by atoms with Gasteiger partial charge in [-0.15, -0.1) is 9.24 Å². The van der Waals surface area contributed by atoms with Crippen LogP contribution in [0.15, 0.2) is 66.0 Å². The van der Waals surface area contributed by atoms with E-state index in [1.165, 1.54) is 12.5 Å². The topological polar surface area (TPSA) is 99.4 Å². The van der Waals surface area contributed by atoms with Crippen molar-refractivity contribution < 1.29 is 13.7 Å². The van der Waals surface area contributed by atoms with Crippen LogP contribution in [-0.2, 0) is 15.5 Å². The second kappa shape index (κ2) is 12.1. The van der Waals surface area contributed by atoms with E-state index >= 15 is 0 Å². The zero-order valence-electron chi connectivity index (χ0n) is 16.4. The molecule has 1 aromatic heterocycles. The lowest BCUT2D eigenvalue weighted by Gasteiger charge is -2.08. The summed E-state index contributed by atoms with van der Waals surface area (Å²) in [6.45, 7) is 1.23. The largest absolute Gasteiger partial charge is 0.491 e. The van der Waals surface area contributed by atoms with E-state index in [1.54, 1.807) is 25.5 Å². The molecule has 0 aliphatic rings. The first kappa shape index (κ1) is 22.7. The van der Waals surface area contributed by atoms with Crippen LogP contribution in [0.25, 0.3) is 0 Å². The molecule has 154 valence electrons. The molecule has 2 aromatic carbocycles. The average molecular weight is 432 g/mol. The summed E-state index contributed by atoms with van der Waals surface area (Å²) in [5, 5.41) is 4.23. The number of benzene rings is 2. The lowest BCUT2D eigenvalue weighted by Crippen LogP contribution is -2.04. The quantitative estimate of drug-likeness (QED) is 0.336. The highest BCUT2D eigenvalue weighted by molar-refractivity contribution is 7.84. The van der Waals surface area contributed by atoms with Gasteiger partial charge in [0, 0.05) is 30.9 Å². The SMILES string of the molecule is COCCOc1ccc(P)cc1.CS(=O)c1cncnc1Nc1cccc(N)c1. The first-order chi connectivity index (χ1) is 14.0. The molecular formula is C20H25N4O3PS. The Morgan fingerprint density at radius 1 is 1.17 bits per heavy atom. The highest BCUT2D eigenvalue weighted by Gasteiger charge is 2.07. The molecule has 9 heteroatoms. The van der Waals surface area contributed by atoms with Gasteiger partial charge < -0.3 is 20.5 Å². The van der Waals surface area contributed by atoms with E-state index in [0.717, 1.165) is 16.7 Å². The van der Waals surface area contributed by atoms with Gasteiger partial charge in [0.2, 0.25) is 0 Å². The van der Waals surface area contributed by atoms with Gasteiger partial charge in [0.05, 0.1) is 22.3 Å². The maximum atomic E-state index is 11.5. The molecule has 0 fully saturated rings. The van der Waals surface area contributed by atoms with Crippen LogP contribution in [0.3, 0.4) is 0 Å². The van der Waals surface area contributed by atoms with Crippen molar-refractivity contribution in [1.82, 2.24) is 9.97 Å². The number of nitrogens with two attached hydrogens (primary N) is 1. The normalized spacial score (nSPS) is 11.1. The molecule has 0 aliphatic carbocycles. The lowest BCUT2D eigenvalue weighted by molar-refractivity contribution is 0.146. The molecule has 29 heavy (non-hydrogen) atoms. The van der Waals surface area contributed by atoms with Crippen molar-refractivity contribution >= 4 is 42.5 Å². The van der Waals surface area contributed by atoms with Gasteiger partial charge >= 0.3 is 0 Å². The van der Waals surface area contributed by atoms with Gasteiger partial charge in [-0.25, -0.2) is 9.97 Å². The molecule has 0 saturated carbocycles. The molecule has 2 unspecified atom stereocenters. The smallest absolute Gasteiger partial charge is 0.150 e. The molecular weight excluding hydrogens is 407 g/mol. The number of methoxy groups -OCH3 is 1. The van der Waals surface area contributed by atoms with Crippen molar-refractivity contribution in [2.24, 2.45) is 0 Å². The van der Waals surface area contributed by atoms with Crippen molar-refractivity contribution in [1.29, 1.82) is 0 Å². The number of nitrogens with zero attached hydrogens (tertiary/aromatic N) is 2. The predicted octanol–water partition coefficient (Wildman–Crippen LogP) is 2.75. The number of hydrogen-bond acceptors (Lipinski definition) is 7. The Bertz CT molecular complexity index is 926. The van der Waals surface area contributed by atoms with Gasteiger partial charge in [0.15, 0.2) is 0 Å². The van der Waals surface area contributed by atoms with Crippen LogP contribution in [-0.4, -0.2) is 40.8 Å². The van der Waals surface area contributed by atoms with Crippen LogP contribution in [0.2, 0.25) is 0 Å². The number of anilines is 3. The van der Waals surface area contributed by atoms with Crippen molar-refractivity contribution in [3.63, 3.8) is 0 Å². The van der Waals surface area contributed by atoms with E-state index in [0.29, 0.717) is 29.6 Å². The van der Waals surface area contributed by atoms with Crippen molar-refractivity contribution in [3.8, 4) is 5.75 Å². The van der Waals surface area contributed by atoms with Gasteiger partial charge in [-0.1, -0.05) is 18.2 Å². The minimum atomic E-state index is -1.14. The Kier molecular flexibility index (Phi) is 9.50. The molecule has 3 rings (SSSR count). The number of ether oxygens (including phenoxy) is 2. The van der Waals surface area contributed by atoms with Crippen molar-refractivity contribution in [2.75, 3.05) is 37.6 Å². The third-order valence-electron chi connectivity index (χ3n) is 3.57. The average Bonchev–Trinajstić information content (AvgIpc) is 2.70. The van der Waals surface area contributed by atoms with E-state index in [1.807, 2.05) is 36.4 Å². The third-order valence-corrected chi connectivity index (χ3v) is 4.88. The Morgan fingerprint density at radius 2 is 1.93 bits per heavy atom. The third kappa shape index (κ3) is 8.15. The summed E-state index contributed by atoms with van der Waals surface area (Å²) in [4.78, 5) is 8.49. The monoisotopic (exact) mass is 432 g/mol. The zero-order valence-corrected chi connectivity index (χ0v) is 18.3. The Hall–Kier alpha value is -2.54. The van der Waals surface area contributed by atoms with Crippen molar-refractivity contribution in [2.45, 2.75) is 4.90 Å². The molecule has 3 aromatic rings. The maximum absolute atomic E-state index is 11.5. The van der Waals surface area contributed by atoms with E-state index in [-0.39, 0.29) is 0 Å². The predicted molar refractivity (Wildman–Crippen MR) is 122 cm³/mol. The fraction of sp³-hybridized carbons (Fsp3) is 0.200. The number of aromatic nitrogens is 2. The molecule has 3 N–H and O–H groups in total. The summed E-state index contributed by atoms with van der Waals surface area (Å²) in [6, 6.07) is 15.1. The zero-order chi connectivity index (χ0) is 21.1. The molecule has 1 heterocycles. The molecule has 7 nitrogen and oxygen atoms in total. The lowest BCUT2D eigenvalue weighted by atomic mass is 10.3. The summed E-state index contributed by atoms with van der Waals surface area (Å²) >= 11 is 0. The van der Waals surface area contributed by atoms with Crippen LogP contribution in [0.4, 0.5) is 17.2 Å². The summed E-state index contributed by atoms with van der Waals surface area (Å²) in [6.07, 6.45) is 4.53. The van der Waals surface area contributed by atoms with Crippen LogP contribution >= 0.6 is 9.24 Å². The van der Waals surface area contributed by atoms with E-state index < -0.39 is 10.8 Å². The van der Waals surface area contributed by atoms with E-state index in [2.05, 4.69) is 24.5 Å². The van der Waals surface area contributed by atoms with E-state index in [9.17, 15) is 4.21 Å². The molecule has 0 radical (unpaired) electrons. The first-order valence-corrected chi connectivity index (χ1v) is 10.9. The van der Waals surface area contributed by atoms with Crippen LogP contribution in [0, 0.1) is 0 Å². The fourth-order valence-electron chi connectivity index (χ4n) is 2.18. The Morgan fingerprint density at radius 3 is 2.59 bits per heavy atom. The van der Waals surface area contributed by atoms with Gasteiger partial charge in [-0.05, 0) is 35.6 Å². The first-order valence-electron chi connectivity index (χ1n) is 8.73. The summed E-state index contributed by atoms with van der Waals surface area (Å²) in [5.74, 6) is 1.42. The fourth-order valence-corrected chi connectivity index (χ4v) is 2.96. The van der Waals surface area contributed by atoms with Gasteiger partial charge in [0.25, 0.3) is 0 Å². The van der Waals surface area contributed by atoms with Crippen LogP contribution in [0.1, 0.15) is 0 Å². The molecule has 0 spiro atoms. The maximum Gasteiger partial charge on any atom is 0.150 e. The summed E-state index contributed by atoms with van der Waals surface area (Å²) in [5.41, 5.74) is 7.13. The van der Waals surface area contributed by atoms with E-state index in [4.69, 9.17) is 15.2 Å². The number of nitrogens with one attached hydrogen (secondary N) is 1. The Balaban J connectivity index is 0.000000221. The minimum absolute atomic E-state index is 0.534. The van der Waals surface area contributed by atoms with Gasteiger partial charge in [-0.2, -0.15) is 0 Å². The molecule has 0 saturated heterocycles. The van der Waals surface area contributed by atoms with Crippen molar-refractivity contribution in [3.05, 3.63) is 61.1 Å². The second-order valence-corrected chi connectivity index (χ2v) is 7.87. The minimum Gasteiger partial charge on any atom is -0.491 e. The molecule has 2 atom stereocenters. The summed E-state index contributed by atoms with van der Waals surface area (Å²) in [7, 11) is 3.15. The standard InChI is InChI=1S/C11H12N4OS.C9H13O2P/c1-17(16)10-6-13-7-14-11(10)15-9-4-2-3-8(12)5-9;1-10-6-7-11-8-2-4-9(12)5-3-8/h2-7H,12H2,1H3,(H,13,14,15);2-5H,6-7,12H2,1H3. The molecule has 0 aliphatic heterocycles. The van der Waals surface area contributed by atoms with Crippen LogP contribution < -0.4 is 21.1 Å². The number of nitrogen functional groups attached to an aromatic ring is 1. The van der Waals surface area contributed by atoms with Crippen LogP contribution in [0.5, 0.6) is 5.75 Å². The highest BCUT2D eigenvalue weighted by Crippen LogP contribution is 2.21.